The average molecular weight is 551 g/mol. The van der Waals surface area contributed by atoms with E-state index in [0.29, 0.717) is 32.0 Å². The minimum atomic E-state index is -0.0309. The quantitative estimate of drug-likeness (QED) is 0.312. The number of nitrogens with one attached hydrogen (secondary N) is 2. The molecule has 2 N–H and O–H groups in total. The Balaban J connectivity index is 0.00000363. The molecule has 2 heterocycles. The van der Waals surface area contributed by atoms with Crippen LogP contribution in [0.25, 0.3) is 0 Å². The molecule has 32 heavy (non-hydrogen) atoms. The van der Waals surface area contributed by atoms with Crippen LogP contribution in [-0.2, 0) is 10.2 Å². The molecule has 3 rings (SSSR count). The van der Waals surface area contributed by atoms with Gasteiger partial charge in [0.25, 0.3) is 0 Å². The Morgan fingerprint density at radius 2 is 1.69 bits per heavy atom. The zero-order valence-corrected chi connectivity index (χ0v) is 21.5. The third-order valence-electron chi connectivity index (χ3n) is 5.58. The molecule has 2 aromatic rings. The van der Waals surface area contributed by atoms with Crippen LogP contribution >= 0.6 is 24.0 Å². The van der Waals surface area contributed by atoms with Gasteiger partial charge in [0.15, 0.2) is 5.96 Å². The summed E-state index contributed by atoms with van der Waals surface area (Å²) in [4.78, 5) is 29.5. The van der Waals surface area contributed by atoms with Crippen LogP contribution in [0, 0.1) is 0 Å². The number of hydrogen-bond acceptors (Lipinski definition) is 5. The number of hydrogen-bond donors (Lipinski definition) is 2. The van der Waals surface area contributed by atoms with Gasteiger partial charge >= 0.3 is 0 Å². The molecule has 8 nitrogen and oxygen atoms in total. The first-order valence-electron chi connectivity index (χ1n) is 10.8. The van der Waals surface area contributed by atoms with Crippen molar-refractivity contribution >= 4 is 41.8 Å². The van der Waals surface area contributed by atoms with Gasteiger partial charge in [0.1, 0.15) is 0 Å². The van der Waals surface area contributed by atoms with E-state index in [1.165, 1.54) is 5.56 Å². The molecule has 1 aromatic carbocycles. The summed E-state index contributed by atoms with van der Waals surface area (Å²) >= 11 is 0. The maximum absolute atomic E-state index is 12.6. The molecule has 0 unspecified atom stereocenters. The van der Waals surface area contributed by atoms with E-state index in [1.54, 1.807) is 19.4 Å². The maximum Gasteiger partial charge on any atom is 0.225 e. The number of guanidine groups is 1. The molecule has 0 bridgehead atoms. The number of aromatic nitrogens is 2. The number of halogens is 1. The van der Waals surface area contributed by atoms with Gasteiger partial charge in [-0.2, -0.15) is 0 Å². The van der Waals surface area contributed by atoms with Crippen LogP contribution in [0.3, 0.4) is 0 Å². The van der Waals surface area contributed by atoms with Crippen LogP contribution < -0.4 is 15.5 Å². The molecule has 1 amide bonds. The fourth-order valence-corrected chi connectivity index (χ4v) is 3.57. The van der Waals surface area contributed by atoms with Gasteiger partial charge in [-0.25, -0.2) is 9.97 Å². The lowest BCUT2D eigenvalue weighted by atomic mass is 9.85. The third-order valence-corrected chi connectivity index (χ3v) is 5.58. The van der Waals surface area contributed by atoms with Crippen molar-refractivity contribution < 1.29 is 4.79 Å². The topological polar surface area (TPSA) is 85.8 Å². The zero-order chi connectivity index (χ0) is 22.1. The average Bonchev–Trinajstić information content (AvgIpc) is 2.82. The molecular weight excluding hydrogens is 517 g/mol. The minimum Gasteiger partial charge on any atom is -0.356 e. The lowest BCUT2D eigenvalue weighted by Gasteiger charge is -2.34. The fourth-order valence-electron chi connectivity index (χ4n) is 3.57. The summed E-state index contributed by atoms with van der Waals surface area (Å²) in [6.07, 6.45) is 3.92. The van der Waals surface area contributed by atoms with Crippen LogP contribution in [0.5, 0.6) is 0 Å². The second kappa shape index (κ2) is 12.6. The molecule has 0 atom stereocenters. The second-order valence-corrected chi connectivity index (χ2v) is 8.27. The van der Waals surface area contributed by atoms with Crippen LogP contribution in [0.1, 0.15) is 25.8 Å². The number of amides is 1. The summed E-state index contributed by atoms with van der Waals surface area (Å²) in [7, 11) is 1.75. The molecule has 1 aliphatic rings. The Labute approximate surface area is 207 Å². The van der Waals surface area contributed by atoms with E-state index in [9.17, 15) is 4.79 Å². The van der Waals surface area contributed by atoms with E-state index in [0.717, 1.165) is 25.6 Å². The molecule has 0 radical (unpaired) electrons. The van der Waals surface area contributed by atoms with Crippen molar-refractivity contribution in [3.63, 3.8) is 0 Å². The summed E-state index contributed by atoms with van der Waals surface area (Å²) in [6, 6.07) is 12.2. The second-order valence-electron chi connectivity index (χ2n) is 8.27. The predicted molar refractivity (Wildman–Crippen MR) is 140 cm³/mol. The van der Waals surface area contributed by atoms with Crippen molar-refractivity contribution in [1.29, 1.82) is 0 Å². The molecule has 1 aromatic heterocycles. The molecule has 174 valence electrons. The Morgan fingerprint density at radius 1 is 1.03 bits per heavy atom. The van der Waals surface area contributed by atoms with Crippen LogP contribution in [-0.4, -0.2) is 73.1 Å². The standard InChI is InChI=1S/C23H33N7O.HI/c1-23(2,19-8-5-4-6-9-19)18-28-21(24-3)25-13-10-20(31)29-14-16-30(17-15-29)22-26-11-7-12-27-22;/h4-9,11-12H,10,13-18H2,1-3H3,(H2,24,25,28);1H. The fraction of sp³-hybridized carbons (Fsp3) is 0.478. The Kier molecular flexibility index (Phi) is 10.1. The first-order valence-corrected chi connectivity index (χ1v) is 10.8. The van der Waals surface area contributed by atoms with E-state index in [2.05, 4.69) is 68.6 Å². The molecule has 0 aliphatic carbocycles. The zero-order valence-electron chi connectivity index (χ0n) is 19.1. The highest BCUT2D eigenvalue weighted by Crippen LogP contribution is 2.21. The highest BCUT2D eigenvalue weighted by molar-refractivity contribution is 14.0. The number of nitrogens with zero attached hydrogens (tertiary/aromatic N) is 5. The highest BCUT2D eigenvalue weighted by Gasteiger charge is 2.23. The number of benzene rings is 1. The van der Waals surface area contributed by atoms with Gasteiger partial charge < -0.3 is 20.4 Å². The van der Waals surface area contributed by atoms with Crippen LogP contribution in [0.15, 0.2) is 53.8 Å². The summed E-state index contributed by atoms with van der Waals surface area (Å²) < 4.78 is 0. The van der Waals surface area contributed by atoms with Gasteiger partial charge in [-0.3, -0.25) is 9.79 Å². The number of piperazine rings is 1. The van der Waals surface area contributed by atoms with Gasteiger partial charge in [0, 0.05) is 70.5 Å². The van der Waals surface area contributed by atoms with Crippen molar-refractivity contribution in [2.45, 2.75) is 25.7 Å². The van der Waals surface area contributed by atoms with E-state index >= 15 is 0 Å². The monoisotopic (exact) mass is 551 g/mol. The Hall–Kier alpha value is -2.43. The van der Waals surface area contributed by atoms with Gasteiger partial charge in [-0.05, 0) is 11.6 Å². The third kappa shape index (κ3) is 7.32. The van der Waals surface area contributed by atoms with Crippen molar-refractivity contribution in [3.8, 4) is 0 Å². The van der Waals surface area contributed by atoms with Gasteiger partial charge in [0.2, 0.25) is 11.9 Å². The van der Waals surface area contributed by atoms with Gasteiger partial charge in [-0.1, -0.05) is 44.2 Å². The Morgan fingerprint density at radius 3 is 2.31 bits per heavy atom. The molecule has 1 aliphatic heterocycles. The molecule has 9 heteroatoms. The molecular formula is C23H34IN7O. The smallest absolute Gasteiger partial charge is 0.225 e. The predicted octanol–water partition coefficient (Wildman–Crippen LogP) is 2.28. The molecule has 1 fully saturated rings. The van der Waals surface area contributed by atoms with E-state index in [-0.39, 0.29) is 35.3 Å². The van der Waals surface area contributed by atoms with Crippen LogP contribution in [0.4, 0.5) is 5.95 Å². The molecule has 0 saturated carbocycles. The minimum absolute atomic E-state index is 0. The van der Waals surface area contributed by atoms with Crippen molar-refractivity contribution in [3.05, 3.63) is 54.4 Å². The number of anilines is 1. The lowest BCUT2D eigenvalue weighted by Crippen LogP contribution is -2.50. The summed E-state index contributed by atoms with van der Waals surface area (Å²) in [5.41, 5.74) is 1.24. The summed E-state index contributed by atoms with van der Waals surface area (Å²) in [5.74, 6) is 1.59. The number of aliphatic imine (C=N–C) groups is 1. The van der Waals surface area contributed by atoms with E-state index < -0.39 is 0 Å². The van der Waals surface area contributed by atoms with Gasteiger partial charge in [0.05, 0.1) is 0 Å². The maximum atomic E-state index is 12.6. The first-order chi connectivity index (χ1) is 15.0. The summed E-state index contributed by atoms with van der Waals surface area (Å²) in [6.45, 7) is 8.57. The van der Waals surface area contributed by atoms with E-state index in [4.69, 9.17) is 0 Å². The molecule has 0 spiro atoms. The number of rotatable bonds is 7. The van der Waals surface area contributed by atoms with E-state index in [1.807, 2.05) is 17.0 Å². The first kappa shape index (κ1) is 25.8. The van der Waals surface area contributed by atoms with Crippen molar-refractivity contribution in [1.82, 2.24) is 25.5 Å². The highest BCUT2D eigenvalue weighted by atomic mass is 127. The lowest BCUT2D eigenvalue weighted by molar-refractivity contribution is -0.131. The summed E-state index contributed by atoms with van der Waals surface area (Å²) in [5, 5.41) is 6.64. The number of carbonyl (C=O) groups excluding carboxylic acids is 1. The van der Waals surface area contributed by atoms with Crippen LogP contribution in [0.2, 0.25) is 0 Å². The molecule has 1 saturated heterocycles. The van der Waals surface area contributed by atoms with Gasteiger partial charge in [-0.15, -0.1) is 24.0 Å². The Bertz CT molecular complexity index is 853. The normalized spacial score (nSPS) is 14.5. The largest absolute Gasteiger partial charge is 0.356 e. The van der Waals surface area contributed by atoms with Crippen molar-refractivity contribution in [2.75, 3.05) is 51.2 Å². The SMILES string of the molecule is CN=C(NCCC(=O)N1CCN(c2ncccn2)CC1)NCC(C)(C)c1ccccc1.I. The number of carbonyl (C=O) groups is 1. The van der Waals surface area contributed by atoms with Crippen molar-refractivity contribution in [2.24, 2.45) is 4.99 Å².